The van der Waals surface area contributed by atoms with Crippen LogP contribution >= 0.6 is 0 Å². The first-order valence-electron chi connectivity index (χ1n) is 25.3. The fourth-order valence-corrected chi connectivity index (χ4v) is 8.34. The van der Waals surface area contributed by atoms with E-state index in [4.69, 9.17) is 33.2 Å². The Kier molecular flexibility index (Phi) is 28.9. The van der Waals surface area contributed by atoms with Gasteiger partial charge in [-0.25, -0.2) is 0 Å². The number of hydrogen-bond acceptors (Lipinski definition) is 10. The van der Waals surface area contributed by atoms with Gasteiger partial charge in [-0.3, -0.25) is 0 Å². The molecule has 4 rings (SSSR count). The molecule has 0 saturated carbocycles. The first-order chi connectivity index (χ1) is 32.9. The summed E-state index contributed by atoms with van der Waals surface area (Å²) < 4.78 is 43.5. The number of aliphatic hydroxyl groups is 3. The van der Waals surface area contributed by atoms with Crippen LogP contribution < -0.4 is 4.74 Å². The van der Waals surface area contributed by atoms with Gasteiger partial charge in [-0.2, -0.15) is 0 Å². The summed E-state index contributed by atoms with van der Waals surface area (Å²) in [5.74, 6) is 1.000. The van der Waals surface area contributed by atoms with Crippen LogP contribution in [0.4, 0.5) is 0 Å². The third-order valence-electron chi connectivity index (χ3n) is 12.4. The van der Waals surface area contributed by atoms with Crippen LogP contribution in [-0.4, -0.2) is 120 Å². The third-order valence-corrected chi connectivity index (χ3v) is 12.4. The molecular formula is C57H84O10. The number of ether oxygens (including phenoxy) is 7. The average molecular weight is 929 g/mol. The van der Waals surface area contributed by atoms with Gasteiger partial charge in [0.1, 0.15) is 30.7 Å². The van der Waals surface area contributed by atoms with E-state index in [-0.39, 0.29) is 90.4 Å². The number of hydrogen-bond donors (Lipinski definition) is 3. The summed E-state index contributed by atoms with van der Waals surface area (Å²) in [6.07, 6.45) is 11.1. The minimum atomic E-state index is -0.521. The Morgan fingerprint density at radius 1 is 0.388 bits per heavy atom. The van der Waals surface area contributed by atoms with E-state index in [9.17, 15) is 15.3 Å². The Morgan fingerprint density at radius 2 is 0.791 bits per heavy atom. The smallest absolute Gasteiger partial charge is 0.127 e. The highest BCUT2D eigenvalue weighted by Crippen LogP contribution is 2.43. The predicted molar refractivity (Wildman–Crippen MR) is 269 cm³/mol. The van der Waals surface area contributed by atoms with Crippen molar-refractivity contribution in [1.82, 2.24) is 0 Å². The highest BCUT2D eigenvalue weighted by molar-refractivity contribution is 5.54. The van der Waals surface area contributed by atoms with Crippen molar-refractivity contribution in [2.24, 2.45) is 0 Å². The molecule has 6 atom stereocenters. The maximum absolute atomic E-state index is 9.93. The van der Waals surface area contributed by atoms with E-state index in [0.717, 1.165) is 29.7 Å². The van der Waals surface area contributed by atoms with Crippen molar-refractivity contribution in [1.29, 1.82) is 0 Å². The number of unbranched alkanes of at least 4 members (excludes halogenated alkanes) is 9. The zero-order chi connectivity index (χ0) is 47.7. The molecule has 0 bridgehead atoms. The first-order valence-corrected chi connectivity index (χ1v) is 25.3. The van der Waals surface area contributed by atoms with Gasteiger partial charge in [0.05, 0.1) is 72.7 Å². The van der Waals surface area contributed by atoms with Crippen LogP contribution in [0, 0.1) is 0 Å². The van der Waals surface area contributed by atoms with E-state index in [1.165, 1.54) is 73.6 Å². The van der Waals surface area contributed by atoms with Gasteiger partial charge in [0.2, 0.25) is 0 Å². The average Bonchev–Trinajstić information content (AvgIpc) is 3.37. The van der Waals surface area contributed by atoms with Gasteiger partial charge in [-0.05, 0) is 28.7 Å². The lowest BCUT2D eigenvalue weighted by molar-refractivity contribution is -0.119. The summed E-state index contributed by atoms with van der Waals surface area (Å²) in [5, 5.41) is 28.5. The summed E-state index contributed by atoms with van der Waals surface area (Å²) in [6.45, 7) is 11.1. The van der Waals surface area contributed by atoms with E-state index in [1.54, 1.807) is 0 Å². The predicted octanol–water partition coefficient (Wildman–Crippen LogP) is 10.6. The summed E-state index contributed by atoms with van der Waals surface area (Å²) in [6, 6.07) is 36.4. The third kappa shape index (κ3) is 21.2. The Balaban J connectivity index is 1.55. The SMILES string of the molecule is CCCCCCCCCCCCOCC(COCC(COCCO)OCCO)OCC(COc1c(C(C)c2ccccc2)cc(C(C)c2ccccc2)cc1C(C)c1ccccc1)OCCO. The van der Waals surface area contributed by atoms with E-state index in [0.29, 0.717) is 13.2 Å². The summed E-state index contributed by atoms with van der Waals surface area (Å²) >= 11 is 0. The van der Waals surface area contributed by atoms with Gasteiger partial charge < -0.3 is 48.5 Å². The molecule has 0 aromatic heterocycles. The van der Waals surface area contributed by atoms with Gasteiger partial charge in [0.15, 0.2) is 0 Å². The zero-order valence-corrected chi connectivity index (χ0v) is 41.2. The van der Waals surface area contributed by atoms with Crippen LogP contribution in [0.2, 0.25) is 0 Å². The highest BCUT2D eigenvalue weighted by atomic mass is 16.6. The number of benzene rings is 4. The van der Waals surface area contributed by atoms with Crippen LogP contribution in [0.3, 0.4) is 0 Å². The summed E-state index contributed by atoms with van der Waals surface area (Å²) in [4.78, 5) is 0. The van der Waals surface area contributed by atoms with Crippen LogP contribution in [-0.2, 0) is 28.4 Å². The maximum atomic E-state index is 9.93. The molecule has 6 unspecified atom stereocenters. The second kappa shape index (κ2) is 34.6. The molecule has 10 heteroatoms. The van der Waals surface area contributed by atoms with Crippen LogP contribution in [0.15, 0.2) is 103 Å². The molecule has 0 radical (unpaired) electrons. The van der Waals surface area contributed by atoms with Gasteiger partial charge in [-0.1, -0.05) is 189 Å². The molecule has 0 aliphatic rings. The zero-order valence-electron chi connectivity index (χ0n) is 41.2. The van der Waals surface area contributed by atoms with Crippen molar-refractivity contribution in [2.75, 3.05) is 85.9 Å². The lowest BCUT2D eigenvalue weighted by Crippen LogP contribution is -2.35. The number of aliphatic hydroxyl groups excluding tert-OH is 3. The normalized spacial score (nSPS) is 14.4. The molecule has 0 aliphatic heterocycles. The van der Waals surface area contributed by atoms with Gasteiger partial charge in [0.25, 0.3) is 0 Å². The standard InChI is InChI=1S/C57H84O10/c1-5-6-7-8-9-10-11-12-13-23-33-61-40-53(42-63-41-52(64-35-31-59)39-62-34-30-58)66-43-54(65-36-32-60)44-67-57-55(46(3)49-26-19-15-20-27-49)37-51(45(2)48-24-17-14-18-25-48)38-56(57)47(4)50-28-21-16-22-29-50/h14-22,24-29,37-38,45-47,52-54,58-60H,5-13,23,30-36,39-44H2,1-4H3. The first kappa shape index (κ1) is 55.9. The lowest BCUT2D eigenvalue weighted by Gasteiger charge is -2.28. The van der Waals surface area contributed by atoms with Gasteiger partial charge in [-0.15, -0.1) is 0 Å². The minimum Gasteiger partial charge on any atom is -0.490 e. The largest absolute Gasteiger partial charge is 0.490 e. The summed E-state index contributed by atoms with van der Waals surface area (Å²) in [7, 11) is 0. The molecule has 4 aromatic carbocycles. The van der Waals surface area contributed by atoms with Crippen molar-refractivity contribution in [2.45, 2.75) is 128 Å². The number of rotatable bonds is 39. The Labute approximate surface area is 403 Å². The molecule has 0 fully saturated rings. The van der Waals surface area contributed by atoms with E-state index in [1.807, 2.05) is 12.1 Å². The lowest BCUT2D eigenvalue weighted by atomic mass is 9.81. The topological polar surface area (TPSA) is 125 Å². The maximum Gasteiger partial charge on any atom is 0.127 e. The molecule has 0 amide bonds. The van der Waals surface area contributed by atoms with E-state index in [2.05, 4.69) is 119 Å². The second-order valence-corrected chi connectivity index (χ2v) is 17.7. The quantitative estimate of drug-likeness (QED) is 0.0373. The van der Waals surface area contributed by atoms with Gasteiger partial charge >= 0.3 is 0 Å². The fraction of sp³-hybridized carbons (Fsp3) is 0.579. The Morgan fingerprint density at radius 3 is 1.27 bits per heavy atom. The minimum absolute atomic E-state index is 0.0161. The van der Waals surface area contributed by atoms with Gasteiger partial charge in [0, 0.05) is 35.5 Å². The molecule has 0 aliphatic carbocycles. The Hall–Kier alpha value is -3.68. The van der Waals surface area contributed by atoms with Crippen molar-refractivity contribution in [3.05, 3.63) is 137 Å². The molecule has 372 valence electrons. The molecule has 67 heavy (non-hydrogen) atoms. The molecule has 3 N–H and O–H groups in total. The molecule has 0 spiro atoms. The fourth-order valence-electron chi connectivity index (χ4n) is 8.34. The van der Waals surface area contributed by atoms with Crippen molar-refractivity contribution >= 4 is 0 Å². The summed E-state index contributed by atoms with van der Waals surface area (Å²) in [5.41, 5.74) is 7.04. The highest BCUT2D eigenvalue weighted by Gasteiger charge is 2.26. The molecule has 4 aromatic rings. The van der Waals surface area contributed by atoms with Crippen LogP contribution in [0.5, 0.6) is 5.75 Å². The van der Waals surface area contributed by atoms with Crippen molar-refractivity contribution in [3.63, 3.8) is 0 Å². The molecule has 0 saturated heterocycles. The van der Waals surface area contributed by atoms with E-state index >= 15 is 0 Å². The molecule has 0 heterocycles. The van der Waals surface area contributed by atoms with Crippen molar-refractivity contribution in [3.8, 4) is 5.75 Å². The van der Waals surface area contributed by atoms with Crippen LogP contribution in [0.25, 0.3) is 0 Å². The van der Waals surface area contributed by atoms with E-state index < -0.39 is 18.3 Å². The second-order valence-electron chi connectivity index (χ2n) is 17.7. The van der Waals surface area contributed by atoms with Crippen LogP contribution in [0.1, 0.15) is 143 Å². The van der Waals surface area contributed by atoms with Crippen molar-refractivity contribution < 1.29 is 48.5 Å². The molecular weight excluding hydrogens is 845 g/mol. The molecule has 10 nitrogen and oxygen atoms in total. The monoisotopic (exact) mass is 929 g/mol. The Bertz CT molecular complexity index is 1730.